The number of aryl methyl sites for hydroxylation is 1. The van der Waals surface area contributed by atoms with Gasteiger partial charge in [0.25, 0.3) is 10.1 Å². The predicted molar refractivity (Wildman–Crippen MR) is 73.4 cm³/mol. The van der Waals surface area contributed by atoms with Crippen LogP contribution < -0.4 is 0 Å². The molecule has 0 amide bonds. The van der Waals surface area contributed by atoms with Crippen LogP contribution in [0.3, 0.4) is 0 Å². The van der Waals surface area contributed by atoms with Gasteiger partial charge in [0.1, 0.15) is 0 Å². The lowest BCUT2D eigenvalue weighted by Crippen LogP contribution is -1.96. The Balaban J connectivity index is 0.000000341. The van der Waals surface area contributed by atoms with E-state index in [-0.39, 0.29) is 4.90 Å². The summed E-state index contributed by atoms with van der Waals surface area (Å²) < 4.78 is 29.6. The average molecular weight is 283 g/mol. The van der Waals surface area contributed by atoms with Gasteiger partial charge in [-0.15, -0.1) is 0 Å². The Hall–Kier alpha value is -1.76. The highest BCUT2D eigenvalue weighted by molar-refractivity contribution is 7.85. The van der Waals surface area contributed by atoms with Gasteiger partial charge in [0.15, 0.2) is 0 Å². The summed E-state index contributed by atoms with van der Waals surface area (Å²) in [4.78, 5) is 3.72. The Kier molecular flexibility index (Phi) is 8.35. The average Bonchev–Trinajstić information content (AvgIpc) is 2.43. The number of aromatic nitrogens is 1. The van der Waals surface area contributed by atoms with Crippen LogP contribution in [0.15, 0.2) is 59.8 Å². The predicted octanol–water partition coefficient (Wildman–Crippen LogP) is 1.93. The number of aliphatic hydroxyl groups is 1. The van der Waals surface area contributed by atoms with Crippen molar-refractivity contribution in [2.75, 3.05) is 7.11 Å². The van der Waals surface area contributed by atoms with Crippen LogP contribution in [-0.4, -0.2) is 30.2 Å². The standard InChI is InChI=1S/C7H8O3S.C5H5N.CH4O/c1-6-2-4-7(5-3-6)11(8,9)10;1-2-4-6-5-3-1;1-2/h2-5H,1H3,(H,8,9,10);1-5H;2H,1H3. The van der Waals surface area contributed by atoms with E-state index in [1.807, 2.05) is 25.1 Å². The molecule has 0 atom stereocenters. The van der Waals surface area contributed by atoms with Crippen molar-refractivity contribution < 1.29 is 18.1 Å². The minimum atomic E-state index is -4.02. The number of benzene rings is 1. The molecule has 1 aromatic heterocycles. The van der Waals surface area contributed by atoms with Crippen LogP contribution >= 0.6 is 0 Å². The number of aliphatic hydroxyl groups excluding tert-OH is 1. The molecule has 0 saturated heterocycles. The SMILES string of the molecule is CO.Cc1ccc(S(=O)(=O)O)cc1.c1ccncc1. The Morgan fingerprint density at radius 3 is 1.68 bits per heavy atom. The first kappa shape index (κ1) is 17.2. The quantitative estimate of drug-likeness (QED) is 0.781. The second kappa shape index (κ2) is 9.21. The van der Waals surface area contributed by atoms with Gasteiger partial charge in [0.2, 0.25) is 0 Å². The molecule has 0 aliphatic heterocycles. The summed E-state index contributed by atoms with van der Waals surface area (Å²) in [6.07, 6.45) is 3.50. The lowest BCUT2D eigenvalue weighted by atomic mass is 10.2. The highest BCUT2D eigenvalue weighted by Crippen LogP contribution is 2.08. The molecule has 1 aromatic carbocycles. The molecular formula is C13H17NO4S. The normalized spacial score (nSPS) is 9.47. The van der Waals surface area contributed by atoms with Gasteiger partial charge >= 0.3 is 0 Å². The second-order valence-electron chi connectivity index (χ2n) is 3.31. The third-order valence-electron chi connectivity index (χ3n) is 1.89. The summed E-state index contributed by atoms with van der Waals surface area (Å²) >= 11 is 0. The number of pyridine rings is 1. The van der Waals surface area contributed by atoms with E-state index in [4.69, 9.17) is 9.66 Å². The van der Waals surface area contributed by atoms with Gasteiger partial charge in [-0.1, -0.05) is 23.8 Å². The summed E-state index contributed by atoms with van der Waals surface area (Å²) in [5.74, 6) is 0. The molecule has 0 bridgehead atoms. The Bertz CT molecular complexity index is 512. The summed E-state index contributed by atoms with van der Waals surface area (Å²) in [7, 11) is -3.02. The molecule has 0 aliphatic carbocycles. The zero-order chi connectivity index (χ0) is 14.7. The van der Waals surface area contributed by atoms with Crippen LogP contribution in [0, 0.1) is 6.92 Å². The van der Waals surface area contributed by atoms with E-state index in [1.54, 1.807) is 24.5 Å². The van der Waals surface area contributed by atoms with E-state index in [9.17, 15) is 8.42 Å². The minimum Gasteiger partial charge on any atom is -0.400 e. The number of rotatable bonds is 1. The number of nitrogens with zero attached hydrogens (tertiary/aromatic N) is 1. The summed E-state index contributed by atoms with van der Waals surface area (Å²) in [6, 6.07) is 11.7. The van der Waals surface area contributed by atoms with Gasteiger partial charge in [-0.25, -0.2) is 0 Å². The highest BCUT2D eigenvalue weighted by Gasteiger charge is 2.06. The van der Waals surface area contributed by atoms with E-state index >= 15 is 0 Å². The van der Waals surface area contributed by atoms with E-state index in [2.05, 4.69) is 4.98 Å². The van der Waals surface area contributed by atoms with E-state index in [0.717, 1.165) is 12.7 Å². The lowest BCUT2D eigenvalue weighted by Gasteiger charge is -1.95. The van der Waals surface area contributed by atoms with Gasteiger partial charge < -0.3 is 5.11 Å². The Morgan fingerprint density at radius 1 is 0.947 bits per heavy atom. The van der Waals surface area contributed by atoms with Crippen LogP contribution in [0.2, 0.25) is 0 Å². The topological polar surface area (TPSA) is 87.5 Å². The number of hydrogen-bond acceptors (Lipinski definition) is 4. The van der Waals surface area contributed by atoms with E-state index in [0.29, 0.717) is 0 Å². The monoisotopic (exact) mass is 283 g/mol. The van der Waals surface area contributed by atoms with Crippen LogP contribution in [0.4, 0.5) is 0 Å². The first-order chi connectivity index (χ1) is 9.00. The van der Waals surface area contributed by atoms with E-state index in [1.165, 1.54) is 12.1 Å². The van der Waals surface area contributed by atoms with Crippen molar-refractivity contribution in [2.24, 2.45) is 0 Å². The van der Waals surface area contributed by atoms with Gasteiger partial charge in [0, 0.05) is 19.5 Å². The van der Waals surface area contributed by atoms with Crippen LogP contribution in [-0.2, 0) is 10.1 Å². The molecule has 19 heavy (non-hydrogen) atoms. The summed E-state index contributed by atoms with van der Waals surface area (Å²) in [5, 5.41) is 7.00. The summed E-state index contributed by atoms with van der Waals surface area (Å²) in [6.45, 7) is 1.84. The highest BCUT2D eigenvalue weighted by atomic mass is 32.2. The van der Waals surface area contributed by atoms with Gasteiger partial charge in [-0.05, 0) is 31.2 Å². The smallest absolute Gasteiger partial charge is 0.294 e. The van der Waals surface area contributed by atoms with Crippen molar-refractivity contribution in [2.45, 2.75) is 11.8 Å². The molecule has 2 rings (SSSR count). The fourth-order valence-electron chi connectivity index (χ4n) is 1.02. The molecule has 0 unspecified atom stereocenters. The van der Waals surface area contributed by atoms with Crippen molar-refractivity contribution in [1.29, 1.82) is 0 Å². The maximum Gasteiger partial charge on any atom is 0.294 e. The van der Waals surface area contributed by atoms with Crippen molar-refractivity contribution >= 4 is 10.1 Å². The second-order valence-corrected chi connectivity index (χ2v) is 4.73. The van der Waals surface area contributed by atoms with Gasteiger partial charge in [0.05, 0.1) is 4.90 Å². The molecule has 0 aliphatic rings. The summed E-state index contributed by atoms with van der Waals surface area (Å²) in [5.41, 5.74) is 0.956. The van der Waals surface area contributed by atoms with Crippen molar-refractivity contribution in [3.05, 3.63) is 60.4 Å². The molecule has 0 radical (unpaired) electrons. The third-order valence-corrected chi connectivity index (χ3v) is 2.75. The Morgan fingerprint density at radius 2 is 1.42 bits per heavy atom. The fourth-order valence-corrected chi connectivity index (χ4v) is 1.50. The molecular weight excluding hydrogens is 266 g/mol. The molecule has 0 saturated carbocycles. The van der Waals surface area contributed by atoms with Crippen LogP contribution in [0.25, 0.3) is 0 Å². The zero-order valence-corrected chi connectivity index (χ0v) is 11.6. The Labute approximate surface area is 113 Å². The molecule has 6 heteroatoms. The van der Waals surface area contributed by atoms with Crippen molar-refractivity contribution in [1.82, 2.24) is 4.98 Å². The lowest BCUT2D eigenvalue weighted by molar-refractivity contribution is 0.399. The molecule has 104 valence electrons. The third kappa shape index (κ3) is 8.04. The molecule has 2 aromatic rings. The molecule has 1 heterocycles. The van der Waals surface area contributed by atoms with Gasteiger partial charge in [-0.3, -0.25) is 9.54 Å². The zero-order valence-electron chi connectivity index (χ0n) is 10.8. The first-order valence-electron chi connectivity index (χ1n) is 5.34. The fraction of sp³-hybridized carbons (Fsp3) is 0.154. The minimum absolute atomic E-state index is 0.0666. The van der Waals surface area contributed by atoms with E-state index < -0.39 is 10.1 Å². The largest absolute Gasteiger partial charge is 0.400 e. The first-order valence-corrected chi connectivity index (χ1v) is 6.78. The maximum absolute atomic E-state index is 10.5. The number of hydrogen-bond donors (Lipinski definition) is 2. The maximum atomic E-state index is 10.5. The van der Waals surface area contributed by atoms with Gasteiger partial charge in [-0.2, -0.15) is 8.42 Å². The van der Waals surface area contributed by atoms with Crippen LogP contribution in [0.1, 0.15) is 5.56 Å². The molecule has 5 nitrogen and oxygen atoms in total. The van der Waals surface area contributed by atoms with Crippen molar-refractivity contribution in [3.8, 4) is 0 Å². The molecule has 2 N–H and O–H groups in total. The van der Waals surface area contributed by atoms with Crippen molar-refractivity contribution in [3.63, 3.8) is 0 Å². The molecule has 0 spiro atoms. The van der Waals surface area contributed by atoms with Crippen LogP contribution in [0.5, 0.6) is 0 Å². The molecule has 0 fully saturated rings.